The molecule has 14 heavy (non-hydrogen) atoms. The maximum absolute atomic E-state index is 4.39. The molecule has 4 heteroatoms. The van der Waals surface area contributed by atoms with Gasteiger partial charge in [0, 0.05) is 12.6 Å². The summed E-state index contributed by atoms with van der Waals surface area (Å²) in [6, 6.07) is 8.12. The van der Waals surface area contributed by atoms with E-state index < -0.39 is 0 Å². The van der Waals surface area contributed by atoms with E-state index in [9.17, 15) is 0 Å². The number of para-hydroxylation sites is 2. The number of nitrogens with one attached hydrogen (secondary N) is 1. The number of benzene rings is 1. The lowest BCUT2D eigenvalue weighted by Crippen LogP contribution is -2.28. The predicted octanol–water partition coefficient (Wildman–Crippen LogP) is 1.47. The van der Waals surface area contributed by atoms with Gasteiger partial charge in [0.15, 0.2) is 0 Å². The average Bonchev–Trinajstić information content (AvgIpc) is 2.61. The summed E-state index contributed by atoms with van der Waals surface area (Å²) in [5.41, 5.74) is 5.13. The topological polar surface area (TPSA) is 40.0 Å². The van der Waals surface area contributed by atoms with E-state index in [1.807, 2.05) is 24.4 Å². The number of anilines is 1. The molecule has 1 N–H and O–H groups in total. The highest BCUT2D eigenvalue weighted by Crippen LogP contribution is 2.31. The molecule has 0 aromatic heterocycles. The molecule has 2 aliphatic heterocycles. The second-order valence-electron chi connectivity index (χ2n) is 3.28. The summed E-state index contributed by atoms with van der Waals surface area (Å²) < 4.78 is 0. The molecular formula is C10H10N4. The molecule has 0 spiro atoms. The smallest absolute Gasteiger partial charge is 0.136 e. The van der Waals surface area contributed by atoms with Crippen molar-refractivity contribution in [2.75, 3.05) is 11.6 Å². The van der Waals surface area contributed by atoms with Crippen LogP contribution in [0.3, 0.4) is 0 Å². The lowest BCUT2D eigenvalue weighted by atomic mass is 10.2. The maximum atomic E-state index is 4.39. The first kappa shape index (κ1) is 7.55. The van der Waals surface area contributed by atoms with Crippen LogP contribution >= 0.6 is 0 Å². The van der Waals surface area contributed by atoms with Crippen molar-refractivity contribution in [2.45, 2.75) is 6.42 Å². The minimum Gasteiger partial charge on any atom is -0.306 e. The van der Waals surface area contributed by atoms with E-state index >= 15 is 0 Å². The van der Waals surface area contributed by atoms with Crippen molar-refractivity contribution in [3.8, 4) is 0 Å². The Morgan fingerprint density at radius 1 is 1.29 bits per heavy atom. The van der Waals surface area contributed by atoms with Gasteiger partial charge in [-0.1, -0.05) is 12.1 Å². The number of amidine groups is 1. The molecule has 0 atom stereocenters. The largest absolute Gasteiger partial charge is 0.306 e. The van der Waals surface area contributed by atoms with Gasteiger partial charge in [-0.05, 0) is 12.1 Å². The molecule has 0 aliphatic carbocycles. The molecule has 2 heterocycles. The summed E-state index contributed by atoms with van der Waals surface area (Å²) in [6.45, 7) is 0.746. The lowest BCUT2D eigenvalue weighted by molar-refractivity contribution is 0.808. The van der Waals surface area contributed by atoms with E-state index in [0.29, 0.717) is 0 Å². The molecule has 70 valence electrons. The minimum atomic E-state index is 0.746. The number of hydrazone groups is 1. The summed E-state index contributed by atoms with van der Waals surface area (Å²) in [4.78, 5) is 6.55. The van der Waals surface area contributed by atoms with Gasteiger partial charge in [0.2, 0.25) is 0 Å². The fourth-order valence-corrected chi connectivity index (χ4v) is 1.76. The van der Waals surface area contributed by atoms with E-state index in [0.717, 1.165) is 30.3 Å². The molecule has 3 rings (SSSR count). The Labute approximate surface area is 81.9 Å². The fourth-order valence-electron chi connectivity index (χ4n) is 1.76. The average molecular weight is 186 g/mol. The van der Waals surface area contributed by atoms with Gasteiger partial charge in [-0.3, -0.25) is 10.4 Å². The highest BCUT2D eigenvalue weighted by atomic mass is 15.5. The van der Waals surface area contributed by atoms with Crippen molar-refractivity contribution in [1.29, 1.82) is 0 Å². The molecule has 2 aliphatic rings. The summed E-state index contributed by atoms with van der Waals surface area (Å²) in [5, 5.41) is 4.22. The van der Waals surface area contributed by atoms with Gasteiger partial charge in [0.25, 0.3) is 0 Å². The molecule has 0 unspecified atom stereocenters. The van der Waals surface area contributed by atoms with Gasteiger partial charge >= 0.3 is 0 Å². The quantitative estimate of drug-likeness (QED) is 0.666. The Kier molecular flexibility index (Phi) is 1.53. The number of rotatable bonds is 0. The van der Waals surface area contributed by atoms with E-state index in [2.05, 4.69) is 26.5 Å². The number of aliphatic imine (C=N–C) groups is 1. The minimum absolute atomic E-state index is 0.746. The second-order valence-corrected chi connectivity index (χ2v) is 3.28. The first-order valence-electron chi connectivity index (χ1n) is 4.64. The van der Waals surface area contributed by atoms with Crippen LogP contribution in [0.15, 0.2) is 34.4 Å². The molecule has 4 nitrogen and oxygen atoms in total. The molecule has 0 bridgehead atoms. The van der Waals surface area contributed by atoms with Crippen LogP contribution in [0, 0.1) is 0 Å². The zero-order chi connectivity index (χ0) is 9.38. The third kappa shape index (κ3) is 1.00. The van der Waals surface area contributed by atoms with E-state index in [1.165, 1.54) is 0 Å². The first-order valence-corrected chi connectivity index (χ1v) is 4.64. The summed E-state index contributed by atoms with van der Waals surface area (Å²) in [5.74, 6) is 1.04. The van der Waals surface area contributed by atoms with Crippen LogP contribution in [-0.2, 0) is 0 Å². The van der Waals surface area contributed by atoms with Crippen molar-refractivity contribution in [3.63, 3.8) is 0 Å². The Hall–Kier alpha value is -1.84. The van der Waals surface area contributed by atoms with Crippen LogP contribution in [0.5, 0.6) is 0 Å². The van der Waals surface area contributed by atoms with E-state index in [-0.39, 0.29) is 0 Å². The number of fused-ring (bicyclic) bond motifs is 3. The third-order valence-electron chi connectivity index (χ3n) is 2.43. The van der Waals surface area contributed by atoms with Crippen LogP contribution in [0.1, 0.15) is 6.42 Å². The zero-order valence-corrected chi connectivity index (χ0v) is 7.64. The molecule has 0 radical (unpaired) electrons. The van der Waals surface area contributed by atoms with Gasteiger partial charge in [-0.2, -0.15) is 5.10 Å². The van der Waals surface area contributed by atoms with Crippen LogP contribution in [0.2, 0.25) is 0 Å². The second kappa shape index (κ2) is 2.83. The SMILES string of the molecule is C1=Nc2ccccc2N2CNN=C2C1. The zero-order valence-electron chi connectivity index (χ0n) is 7.64. The summed E-state index contributed by atoms with van der Waals surface area (Å²) >= 11 is 0. The Morgan fingerprint density at radius 2 is 2.21 bits per heavy atom. The van der Waals surface area contributed by atoms with E-state index in [4.69, 9.17) is 0 Å². The predicted molar refractivity (Wildman–Crippen MR) is 57.1 cm³/mol. The van der Waals surface area contributed by atoms with Crippen LogP contribution < -0.4 is 10.3 Å². The van der Waals surface area contributed by atoms with Gasteiger partial charge in [0.05, 0.1) is 11.4 Å². The van der Waals surface area contributed by atoms with Crippen LogP contribution in [0.4, 0.5) is 11.4 Å². The maximum Gasteiger partial charge on any atom is 0.136 e. The van der Waals surface area contributed by atoms with Gasteiger partial charge in [-0.15, -0.1) is 0 Å². The highest BCUT2D eigenvalue weighted by molar-refractivity contribution is 6.09. The standard InChI is InChI=1S/C10H10N4/c1-2-4-9-8(3-1)11-6-5-10-13-12-7-14(9)10/h1-4,6,12H,5,7H2. The molecule has 1 aromatic carbocycles. The van der Waals surface area contributed by atoms with Gasteiger partial charge in [0.1, 0.15) is 12.5 Å². The monoisotopic (exact) mass is 186 g/mol. The molecule has 0 fully saturated rings. The Morgan fingerprint density at radius 3 is 3.21 bits per heavy atom. The van der Waals surface area contributed by atoms with Gasteiger partial charge in [-0.25, -0.2) is 0 Å². The number of hydrogen-bond donors (Lipinski definition) is 1. The Bertz CT molecular complexity index is 422. The fraction of sp³-hybridized carbons (Fsp3) is 0.200. The summed E-state index contributed by atoms with van der Waals surface area (Å²) in [7, 11) is 0. The Balaban J connectivity index is 2.16. The highest BCUT2D eigenvalue weighted by Gasteiger charge is 2.21. The van der Waals surface area contributed by atoms with Crippen molar-refractivity contribution >= 4 is 23.4 Å². The van der Waals surface area contributed by atoms with Crippen molar-refractivity contribution in [3.05, 3.63) is 24.3 Å². The van der Waals surface area contributed by atoms with Crippen molar-refractivity contribution in [2.24, 2.45) is 10.1 Å². The third-order valence-corrected chi connectivity index (χ3v) is 2.43. The number of nitrogens with zero attached hydrogens (tertiary/aromatic N) is 3. The van der Waals surface area contributed by atoms with Crippen molar-refractivity contribution < 1.29 is 0 Å². The van der Waals surface area contributed by atoms with Crippen LogP contribution in [0.25, 0.3) is 0 Å². The molecule has 0 amide bonds. The molecule has 1 aromatic rings. The van der Waals surface area contributed by atoms with Crippen LogP contribution in [-0.4, -0.2) is 18.7 Å². The van der Waals surface area contributed by atoms with Gasteiger partial charge < -0.3 is 4.90 Å². The normalized spacial score (nSPS) is 18.0. The summed E-state index contributed by atoms with van der Waals surface area (Å²) in [6.07, 6.45) is 2.70. The molecular weight excluding hydrogens is 176 g/mol. The number of hydrogen-bond acceptors (Lipinski definition) is 4. The van der Waals surface area contributed by atoms with E-state index in [1.54, 1.807) is 0 Å². The first-order chi connectivity index (χ1) is 6.95. The lowest BCUT2D eigenvalue weighted by Gasteiger charge is -2.17. The molecule has 0 saturated heterocycles. The van der Waals surface area contributed by atoms with Crippen molar-refractivity contribution in [1.82, 2.24) is 5.43 Å². The molecule has 0 saturated carbocycles.